The molecule has 24 heavy (non-hydrogen) atoms. The fourth-order valence-electron chi connectivity index (χ4n) is 2.53. The zero-order chi connectivity index (χ0) is 16.5. The molecule has 0 saturated heterocycles. The summed E-state index contributed by atoms with van der Waals surface area (Å²) in [7, 11) is 1.42. The minimum atomic E-state index is -0.460. The van der Waals surface area contributed by atoms with Gasteiger partial charge < -0.3 is 10.1 Å². The van der Waals surface area contributed by atoms with Gasteiger partial charge in [0.05, 0.1) is 19.2 Å². The number of hydrogen-bond donors (Lipinski definition) is 1. The van der Waals surface area contributed by atoms with Crippen molar-refractivity contribution in [3.8, 4) is 5.75 Å². The van der Waals surface area contributed by atoms with Crippen LogP contribution in [0, 0.1) is 5.82 Å². The van der Waals surface area contributed by atoms with Gasteiger partial charge >= 0.3 is 0 Å². The van der Waals surface area contributed by atoms with Crippen molar-refractivity contribution in [1.82, 2.24) is 24.6 Å². The van der Waals surface area contributed by atoms with Crippen LogP contribution >= 0.6 is 0 Å². The van der Waals surface area contributed by atoms with Gasteiger partial charge in [0.25, 0.3) is 0 Å². The van der Waals surface area contributed by atoms with Gasteiger partial charge in [-0.05, 0) is 18.2 Å². The highest BCUT2D eigenvalue weighted by atomic mass is 19.1. The van der Waals surface area contributed by atoms with Gasteiger partial charge in [-0.1, -0.05) is 6.07 Å². The SMILES string of the molecule is COc1cc2c(NCc3nnc4ccccn34)ncnc2cc1F. The molecule has 0 amide bonds. The van der Waals surface area contributed by atoms with Gasteiger partial charge in [0.2, 0.25) is 0 Å². The molecule has 0 aliphatic heterocycles. The van der Waals surface area contributed by atoms with E-state index in [1.807, 2.05) is 28.8 Å². The van der Waals surface area contributed by atoms with E-state index in [9.17, 15) is 4.39 Å². The highest BCUT2D eigenvalue weighted by molar-refractivity contribution is 5.90. The van der Waals surface area contributed by atoms with Crippen LogP contribution in [-0.4, -0.2) is 31.7 Å². The Morgan fingerprint density at radius 2 is 2.12 bits per heavy atom. The molecule has 0 spiro atoms. The van der Waals surface area contributed by atoms with Gasteiger partial charge in [-0.25, -0.2) is 14.4 Å². The monoisotopic (exact) mass is 324 g/mol. The second kappa shape index (κ2) is 5.73. The molecule has 3 aromatic heterocycles. The summed E-state index contributed by atoms with van der Waals surface area (Å²) < 4.78 is 20.7. The number of benzene rings is 1. The van der Waals surface area contributed by atoms with E-state index < -0.39 is 5.82 Å². The molecule has 7 nitrogen and oxygen atoms in total. The molecule has 1 aromatic carbocycles. The van der Waals surface area contributed by atoms with E-state index in [4.69, 9.17) is 4.74 Å². The number of nitrogens with zero attached hydrogens (tertiary/aromatic N) is 5. The van der Waals surface area contributed by atoms with Crippen LogP contribution in [-0.2, 0) is 6.54 Å². The molecular weight excluding hydrogens is 311 g/mol. The Labute approximate surface area is 136 Å². The Hall–Kier alpha value is -3.29. The Morgan fingerprint density at radius 3 is 3.00 bits per heavy atom. The molecule has 120 valence electrons. The average Bonchev–Trinajstić information content (AvgIpc) is 3.02. The van der Waals surface area contributed by atoms with Crippen molar-refractivity contribution in [2.75, 3.05) is 12.4 Å². The molecule has 4 aromatic rings. The highest BCUT2D eigenvalue weighted by Crippen LogP contribution is 2.27. The van der Waals surface area contributed by atoms with Gasteiger partial charge in [0.1, 0.15) is 12.1 Å². The van der Waals surface area contributed by atoms with Crippen LogP contribution in [0.4, 0.5) is 10.2 Å². The number of pyridine rings is 1. The van der Waals surface area contributed by atoms with Crippen LogP contribution in [0.2, 0.25) is 0 Å². The minimum absolute atomic E-state index is 0.147. The summed E-state index contributed by atoms with van der Waals surface area (Å²) >= 11 is 0. The van der Waals surface area contributed by atoms with E-state index in [1.165, 1.54) is 19.5 Å². The lowest BCUT2D eigenvalue weighted by Crippen LogP contribution is -2.06. The molecule has 0 aliphatic carbocycles. The van der Waals surface area contributed by atoms with Crippen molar-refractivity contribution in [3.05, 3.63) is 54.5 Å². The summed E-state index contributed by atoms with van der Waals surface area (Å²) in [6.07, 6.45) is 3.28. The van der Waals surface area contributed by atoms with Gasteiger partial charge in [-0.15, -0.1) is 10.2 Å². The molecule has 3 heterocycles. The summed E-state index contributed by atoms with van der Waals surface area (Å²) in [5.74, 6) is 1.00. The summed E-state index contributed by atoms with van der Waals surface area (Å²) in [6, 6.07) is 8.60. The largest absolute Gasteiger partial charge is 0.494 e. The van der Waals surface area contributed by atoms with Crippen LogP contribution in [0.15, 0.2) is 42.9 Å². The second-order valence-electron chi connectivity index (χ2n) is 5.12. The van der Waals surface area contributed by atoms with Crippen LogP contribution in [0.1, 0.15) is 5.82 Å². The van der Waals surface area contributed by atoms with E-state index in [-0.39, 0.29) is 5.75 Å². The Kier molecular flexibility index (Phi) is 3.42. The fourth-order valence-corrected chi connectivity index (χ4v) is 2.53. The highest BCUT2D eigenvalue weighted by Gasteiger charge is 2.11. The molecule has 0 fully saturated rings. The lowest BCUT2D eigenvalue weighted by atomic mass is 10.2. The number of ether oxygens (including phenoxy) is 1. The molecule has 1 N–H and O–H groups in total. The molecule has 0 unspecified atom stereocenters. The molecule has 4 rings (SSSR count). The molecule has 8 heteroatoms. The van der Waals surface area contributed by atoms with E-state index in [2.05, 4.69) is 25.5 Å². The number of aromatic nitrogens is 5. The zero-order valence-electron chi connectivity index (χ0n) is 12.8. The predicted molar refractivity (Wildman–Crippen MR) is 86.4 cm³/mol. The third-order valence-electron chi connectivity index (χ3n) is 3.71. The Morgan fingerprint density at radius 1 is 1.21 bits per heavy atom. The summed E-state index contributed by atoms with van der Waals surface area (Å²) in [6.45, 7) is 0.414. The van der Waals surface area contributed by atoms with E-state index >= 15 is 0 Å². The maximum Gasteiger partial charge on any atom is 0.167 e. The minimum Gasteiger partial charge on any atom is -0.494 e. The lowest BCUT2D eigenvalue weighted by molar-refractivity contribution is 0.387. The first-order valence-electron chi connectivity index (χ1n) is 7.27. The fraction of sp³-hybridized carbons (Fsp3) is 0.125. The summed E-state index contributed by atoms with van der Waals surface area (Å²) in [5, 5.41) is 12.1. The standard InChI is InChI=1S/C16H13FN6O/c1-24-13-6-10-12(7-11(13)17)19-9-20-16(10)18-8-15-22-21-14-4-2-3-5-23(14)15/h2-7,9H,8H2,1H3,(H,18,19,20). The van der Waals surface area contributed by atoms with Crippen molar-refractivity contribution in [3.63, 3.8) is 0 Å². The molecule has 0 radical (unpaired) electrons. The van der Waals surface area contributed by atoms with Crippen molar-refractivity contribution < 1.29 is 9.13 Å². The molecule has 0 bridgehead atoms. The first-order valence-corrected chi connectivity index (χ1v) is 7.27. The molecular formula is C16H13FN6O. The first-order chi connectivity index (χ1) is 11.8. The van der Waals surface area contributed by atoms with Crippen LogP contribution in [0.25, 0.3) is 16.6 Å². The van der Waals surface area contributed by atoms with Gasteiger partial charge in [-0.3, -0.25) is 4.40 Å². The van der Waals surface area contributed by atoms with Crippen molar-refractivity contribution >= 4 is 22.4 Å². The van der Waals surface area contributed by atoms with Crippen LogP contribution < -0.4 is 10.1 Å². The van der Waals surface area contributed by atoms with Crippen LogP contribution in [0.3, 0.4) is 0 Å². The lowest BCUT2D eigenvalue weighted by Gasteiger charge is -2.09. The number of hydrogen-bond acceptors (Lipinski definition) is 6. The topological polar surface area (TPSA) is 77.2 Å². The molecule has 0 saturated carbocycles. The smallest absolute Gasteiger partial charge is 0.167 e. The maximum atomic E-state index is 13.8. The van der Waals surface area contributed by atoms with Gasteiger partial charge in [0.15, 0.2) is 23.0 Å². The van der Waals surface area contributed by atoms with Crippen molar-refractivity contribution in [2.45, 2.75) is 6.54 Å². The number of methoxy groups -OCH3 is 1. The predicted octanol–water partition coefficient (Wildman–Crippen LogP) is 2.43. The molecule has 0 atom stereocenters. The third-order valence-corrected chi connectivity index (χ3v) is 3.71. The normalized spacial score (nSPS) is 11.1. The van der Waals surface area contributed by atoms with E-state index in [1.54, 1.807) is 6.07 Å². The van der Waals surface area contributed by atoms with Crippen LogP contribution in [0.5, 0.6) is 5.75 Å². The third kappa shape index (κ3) is 2.37. The quantitative estimate of drug-likeness (QED) is 0.621. The number of fused-ring (bicyclic) bond motifs is 2. The van der Waals surface area contributed by atoms with Gasteiger partial charge in [-0.2, -0.15) is 0 Å². The number of halogens is 1. The van der Waals surface area contributed by atoms with Crippen molar-refractivity contribution in [1.29, 1.82) is 0 Å². The number of rotatable bonds is 4. The van der Waals surface area contributed by atoms with Gasteiger partial charge in [0, 0.05) is 17.6 Å². The zero-order valence-corrected chi connectivity index (χ0v) is 12.8. The number of nitrogens with one attached hydrogen (secondary N) is 1. The summed E-state index contributed by atoms with van der Waals surface area (Å²) in [4.78, 5) is 8.33. The second-order valence-corrected chi connectivity index (χ2v) is 5.12. The number of anilines is 1. The van der Waals surface area contributed by atoms with E-state index in [0.29, 0.717) is 23.3 Å². The Balaban J connectivity index is 1.69. The molecule has 0 aliphatic rings. The Bertz CT molecular complexity index is 1030. The average molecular weight is 324 g/mol. The summed E-state index contributed by atoms with van der Waals surface area (Å²) in [5.41, 5.74) is 1.27. The first kappa shape index (κ1) is 14.3. The maximum absolute atomic E-state index is 13.8. The van der Waals surface area contributed by atoms with Crippen molar-refractivity contribution in [2.24, 2.45) is 0 Å². The van der Waals surface area contributed by atoms with E-state index in [0.717, 1.165) is 11.5 Å².